The third kappa shape index (κ3) is 8.61. The number of benzene rings is 2. The lowest BCUT2D eigenvalue weighted by Gasteiger charge is -2.42. The van der Waals surface area contributed by atoms with Crippen molar-refractivity contribution in [2.75, 3.05) is 53.4 Å². The van der Waals surface area contributed by atoms with Gasteiger partial charge in [0.05, 0.1) is 35.9 Å². The average molecular weight is 663 g/mol. The first-order valence-corrected chi connectivity index (χ1v) is 15.0. The molecule has 0 radical (unpaired) electrons. The zero-order valence-corrected chi connectivity index (χ0v) is 25.7. The zero-order chi connectivity index (χ0) is 31.4. The Labute approximate surface area is 259 Å². The van der Waals surface area contributed by atoms with Crippen molar-refractivity contribution >= 4 is 40.4 Å². The molecule has 2 unspecified atom stereocenters. The van der Waals surface area contributed by atoms with Crippen LogP contribution >= 0.6 is 12.4 Å². The summed E-state index contributed by atoms with van der Waals surface area (Å²) in [5.41, 5.74) is -0.216. The number of sulfonamides is 1. The van der Waals surface area contributed by atoms with Crippen molar-refractivity contribution in [2.24, 2.45) is 5.92 Å². The van der Waals surface area contributed by atoms with Crippen molar-refractivity contribution in [3.63, 3.8) is 0 Å². The predicted molar refractivity (Wildman–Crippen MR) is 155 cm³/mol. The van der Waals surface area contributed by atoms with Gasteiger partial charge in [-0.15, -0.1) is 12.4 Å². The van der Waals surface area contributed by atoms with Gasteiger partial charge < -0.3 is 24.2 Å². The van der Waals surface area contributed by atoms with Crippen LogP contribution in [0.3, 0.4) is 0 Å². The minimum Gasteiger partial charge on any atom is -0.453 e. The minimum atomic E-state index is -4.49. The SMILES string of the molecule is CNS(=O)(=O)c1ccc(CC(=O)N2CCN(C(=O)OC)CC2CN2CCC(C(=O)Oc3ccc(C(F)(F)F)cc3)C2)cc1.Cl. The van der Waals surface area contributed by atoms with Gasteiger partial charge in [0.25, 0.3) is 0 Å². The molecule has 16 heteroatoms. The molecule has 0 aromatic heterocycles. The Morgan fingerprint density at radius 1 is 0.977 bits per heavy atom. The normalized spacial score (nSPS) is 19.3. The number of piperazine rings is 1. The fourth-order valence-electron chi connectivity index (χ4n) is 5.22. The number of nitrogens with zero attached hydrogens (tertiary/aromatic N) is 3. The van der Waals surface area contributed by atoms with Gasteiger partial charge in [-0.2, -0.15) is 13.2 Å². The summed E-state index contributed by atoms with van der Waals surface area (Å²) in [7, 11) is -1.02. The van der Waals surface area contributed by atoms with Gasteiger partial charge in [-0.25, -0.2) is 17.9 Å². The van der Waals surface area contributed by atoms with Crippen molar-refractivity contribution in [3.8, 4) is 5.75 Å². The van der Waals surface area contributed by atoms with Gasteiger partial charge in [-0.3, -0.25) is 9.59 Å². The van der Waals surface area contributed by atoms with Crippen molar-refractivity contribution in [1.82, 2.24) is 19.4 Å². The Bertz CT molecular complexity index is 1430. The lowest BCUT2D eigenvalue weighted by Crippen LogP contribution is -2.60. The second kappa shape index (κ2) is 14.6. The molecule has 2 amide bonds. The predicted octanol–water partition coefficient (Wildman–Crippen LogP) is 2.78. The summed E-state index contributed by atoms with van der Waals surface area (Å²) in [6, 6.07) is 9.51. The van der Waals surface area contributed by atoms with Gasteiger partial charge in [-0.1, -0.05) is 12.1 Å². The van der Waals surface area contributed by atoms with Crippen molar-refractivity contribution in [2.45, 2.75) is 30.0 Å². The number of carbonyl (C=O) groups is 3. The van der Waals surface area contributed by atoms with Gasteiger partial charge in [0.1, 0.15) is 5.75 Å². The maximum Gasteiger partial charge on any atom is 0.416 e. The fourth-order valence-corrected chi connectivity index (χ4v) is 5.95. The number of carbonyl (C=O) groups excluding carboxylic acids is 3. The third-order valence-corrected chi connectivity index (χ3v) is 9.00. The van der Waals surface area contributed by atoms with E-state index in [4.69, 9.17) is 9.47 Å². The molecule has 44 heavy (non-hydrogen) atoms. The second-order valence-electron chi connectivity index (χ2n) is 10.4. The molecular weight excluding hydrogens is 629 g/mol. The molecule has 0 bridgehead atoms. The number of nitrogens with one attached hydrogen (secondary N) is 1. The first-order chi connectivity index (χ1) is 20.3. The fraction of sp³-hybridized carbons (Fsp3) is 0.464. The van der Waals surface area contributed by atoms with Crippen LogP contribution in [-0.4, -0.2) is 101 Å². The molecule has 2 saturated heterocycles. The van der Waals surface area contributed by atoms with Crippen LogP contribution in [0.1, 0.15) is 17.5 Å². The van der Waals surface area contributed by atoms with Crippen LogP contribution in [0.25, 0.3) is 0 Å². The second-order valence-corrected chi connectivity index (χ2v) is 12.3. The maximum absolute atomic E-state index is 13.4. The number of esters is 1. The quantitative estimate of drug-likeness (QED) is 0.338. The zero-order valence-electron chi connectivity index (χ0n) is 24.1. The van der Waals surface area contributed by atoms with E-state index >= 15 is 0 Å². The summed E-state index contributed by atoms with van der Waals surface area (Å²) in [5.74, 6) is -1.25. The van der Waals surface area contributed by atoms with E-state index in [0.717, 1.165) is 24.3 Å². The first-order valence-electron chi connectivity index (χ1n) is 13.6. The molecule has 2 heterocycles. The number of hydrogen-bond acceptors (Lipinski definition) is 8. The number of halogens is 4. The van der Waals surface area contributed by atoms with E-state index in [0.29, 0.717) is 31.6 Å². The van der Waals surface area contributed by atoms with Crippen LogP contribution in [0.5, 0.6) is 5.75 Å². The van der Waals surface area contributed by atoms with Gasteiger partial charge >= 0.3 is 18.2 Å². The molecule has 2 aromatic carbocycles. The van der Waals surface area contributed by atoms with Crippen molar-refractivity contribution in [3.05, 3.63) is 59.7 Å². The highest BCUT2D eigenvalue weighted by Crippen LogP contribution is 2.31. The molecule has 2 fully saturated rings. The number of amides is 2. The largest absolute Gasteiger partial charge is 0.453 e. The van der Waals surface area contributed by atoms with Crippen LogP contribution in [0.2, 0.25) is 0 Å². The van der Waals surface area contributed by atoms with Crippen LogP contribution in [0.15, 0.2) is 53.4 Å². The number of rotatable bonds is 8. The highest BCUT2D eigenvalue weighted by Gasteiger charge is 2.37. The van der Waals surface area contributed by atoms with E-state index < -0.39 is 45.8 Å². The molecule has 11 nitrogen and oxygen atoms in total. The van der Waals surface area contributed by atoms with E-state index in [9.17, 15) is 36.0 Å². The molecule has 2 atom stereocenters. The van der Waals surface area contributed by atoms with E-state index in [1.807, 2.05) is 4.90 Å². The van der Waals surface area contributed by atoms with Gasteiger partial charge in [0.15, 0.2) is 0 Å². The lowest BCUT2D eigenvalue weighted by atomic mass is 10.1. The molecule has 0 aliphatic carbocycles. The third-order valence-electron chi connectivity index (χ3n) is 7.57. The standard InChI is InChI=1S/C28H33F3N4O7S.ClH/c1-32-43(39,40)24-9-3-19(4-10-24)15-25(36)35-14-13-34(27(38)41-2)18-22(35)17-33-12-11-20(16-33)26(37)42-23-7-5-21(6-8-23)28(29,30)31;/h3-10,20,22,32H,11-18H2,1-2H3;1H. The van der Waals surface area contributed by atoms with E-state index in [1.165, 1.54) is 31.2 Å². The molecule has 1 N–H and O–H groups in total. The van der Waals surface area contributed by atoms with E-state index in [1.54, 1.807) is 17.0 Å². The summed E-state index contributed by atoms with van der Waals surface area (Å²) in [6.45, 7) is 1.95. The topological polar surface area (TPSA) is 126 Å². The summed E-state index contributed by atoms with van der Waals surface area (Å²) in [5, 5.41) is 0. The van der Waals surface area contributed by atoms with Crippen LogP contribution in [0.4, 0.5) is 18.0 Å². The molecule has 0 spiro atoms. The van der Waals surface area contributed by atoms with Crippen molar-refractivity contribution < 1.29 is 45.4 Å². The molecule has 2 aliphatic heterocycles. The van der Waals surface area contributed by atoms with Gasteiger partial charge in [-0.05, 0) is 62.0 Å². The molecule has 0 saturated carbocycles. The Hall–Kier alpha value is -3.40. The van der Waals surface area contributed by atoms with Crippen molar-refractivity contribution in [1.29, 1.82) is 0 Å². The Kier molecular flexibility index (Phi) is 11.6. The Morgan fingerprint density at radius 3 is 2.23 bits per heavy atom. The highest BCUT2D eigenvalue weighted by molar-refractivity contribution is 7.89. The molecule has 4 rings (SSSR count). The van der Waals surface area contributed by atoms with Gasteiger partial charge in [0, 0.05) is 32.7 Å². The maximum atomic E-state index is 13.4. The number of methoxy groups -OCH3 is 1. The number of hydrogen-bond donors (Lipinski definition) is 1. The number of ether oxygens (including phenoxy) is 2. The summed E-state index contributed by atoms with van der Waals surface area (Å²) in [6.07, 6.45) is -4.52. The van der Waals surface area contributed by atoms with E-state index in [2.05, 4.69) is 4.72 Å². The minimum absolute atomic E-state index is 0. The summed E-state index contributed by atoms with van der Waals surface area (Å²) >= 11 is 0. The van der Waals surface area contributed by atoms with Crippen LogP contribution in [-0.2, 0) is 36.9 Å². The molecule has 2 aromatic rings. The van der Waals surface area contributed by atoms with E-state index in [-0.39, 0.29) is 55.0 Å². The summed E-state index contributed by atoms with van der Waals surface area (Å²) in [4.78, 5) is 43.7. The monoisotopic (exact) mass is 662 g/mol. The summed E-state index contributed by atoms with van der Waals surface area (Å²) < 4.78 is 74.9. The smallest absolute Gasteiger partial charge is 0.416 e. The Morgan fingerprint density at radius 2 is 1.64 bits per heavy atom. The average Bonchev–Trinajstić information content (AvgIpc) is 3.45. The molecule has 242 valence electrons. The van der Waals surface area contributed by atoms with Crippen LogP contribution in [0, 0.1) is 5.92 Å². The molecule has 2 aliphatic rings. The number of alkyl halides is 3. The lowest BCUT2D eigenvalue weighted by molar-refractivity contribution is -0.139. The van der Waals surface area contributed by atoms with Gasteiger partial charge in [0.2, 0.25) is 15.9 Å². The highest BCUT2D eigenvalue weighted by atomic mass is 35.5. The number of likely N-dealkylation sites (tertiary alicyclic amines) is 1. The van der Waals surface area contributed by atoms with Crippen LogP contribution < -0.4 is 9.46 Å². The Balaban J connectivity index is 0.00000529. The molecular formula is C28H34ClF3N4O7S. The first kappa shape index (κ1) is 35.1.